The van der Waals surface area contributed by atoms with Crippen LogP contribution >= 0.6 is 0 Å². The lowest BCUT2D eigenvalue weighted by Gasteiger charge is -2.32. The van der Waals surface area contributed by atoms with Gasteiger partial charge in [0.1, 0.15) is 5.69 Å². The van der Waals surface area contributed by atoms with E-state index in [2.05, 4.69) is 35.8 Å². The van der Waals surface area contributed by atoms with Crippen molar-refractivity contribution in [3.05, 3.63) is 52.0 Å². The van der Waals surface area contributed by atoms with E-state index in [0.717, 1.165) is 24.2 Å². The van der Waals surface area contributed by atoms with Gasteiger partial charge in [-0.25, -0.2) is 9.67 Å². The molecule has 27 heavy (non-hydrogen) atoms. The molecule has 3 rings (SSSR count). The molecule has 3 heterocycles. The molecule has 0 saturated carbocycles. The number of rotatable bonds is 3. The highest BCUT2D eigenvalue weighted by Gasteiger charge is 2.25. The Morgan fingerprint density at radius 2 is 1.85 bits per heavy atom. The smallest absolute Gasteiger partial charge is 0.274 e. The van der Waals surface area contributed by atoms with Crippen molar-refractivity contribution in [2.75, 3.05) is 13.1 Å². The van der Waals surface area contributed by atoms with Gasteiger partial charge < -0.3 is 4.90 Å². The Bertz CT molecular complexity index is 859. The molecular weight excluding hydrogens is 342 g/mol. The lowest BCUT2D eigenvalue weighted by Crippen LogP contribution is -2.40. The van der Waals surface area contributed by atoms with Crippen LogP contribution in [-0.4, -0.2) is 43.6 Å². The number of nitrogens with zero attached hydrogens (tertiary/aromatic N) is 5. The van der Waals surface area contributed by atoms with Crippen LogP contribution in [0.25, 0.3) is 0 Å². The maximum atomic E-state index is 12.5. The zero-order valence-electron chi connectivity index (χ0n) is 16.5. The molecule has 1 amide bonds. The van der Waals surface area contributed by atoms with E-state index in [-0.39, 0.29) is 16.9 Å². The second-order valence-electron chi connectivity index (χ2n) is 8.27. The molecule has 0 spiro atoms. The lowest BCUT2D eigenvalue weighted by atomic mass is 9.92. The summed E-state index contributed by atoms with van der Waals surface area (Å²) in [7, 11) is 0. The summed E-state index contributed by atoms with van der Waals surface area (Å²) in [5.74, 6) is 0.254. The van der Waals surface area contributed by atoms with Gasteiger partial charge >= 0.3 is 0 Å². The van der Waals surface area contributed by atoms with Crippen LogP contribution in [0.15, 0.2) is 29.3 Å². The molecule has 0 atom stereocenters. The first-order chi connectivity index (χ1) is 12.7. The first-order valence-electron chi connectivity index (χ1n) is 9.40. The molecule has 7 heteroatoms. The topological polar surface area (TPSA) is 81.0 Å². The molecule has 2 aromatic rings. The summed E-state index contributed by atoms with van der Waals surface area (Å²) in [6, 6.07) is 3.41. The molecule has 0 N–H and O–H groups in total. The highest BCUT2D eigenvalue weighted by Crippen LogP contribution is 2.21. The van der Waals surface area contributed by atoms with Crippen LogP contribution in [-0.2, 0) is 12.0 Å². The van der Waals surface area contributed by atoms with Crippen LogP contribution in [0.3, 0.4) is 0 Å². The third-order valence-corrected chi connectivity index (χ3v) is 4.97. The minimum absolute atomic E-state index is 0.0727. The monoisotopic (exact) mass is 369 g/mol. The molecule has 1 aliphatic rings. The fraction of sp³-hybridized carbons (Fsp3) is 0.550. The highest BCUT2D eigenvalue weighted by molar-refractivity contribution is 5.92. The van der Waals surface area contributed by atoms with Crippen molar-refractivity contribution in [3.8, 4) is 0 Å². The van der Waals surface area contributed by atoms with Gasteiger partial charge in [0.05, 0.1) is 17.6 Å². The van der Waals surface area contributed by atoms with E-state index in [4.69, 9.17) is 0 Å². The van der Waals surface area contributed by atoms with E-state index in [9.17, 15) is 9.59 Å². The normalized spacial score (nSPS) is 15.8. The molecule has 2 aromatic heterocycles. The van der Waals surface area contributed by atoms with Crippen molar-refractivity contribution < 1.29 is 4.79 Å². The summed E-state index contributed by atoms with van der Waals surface area (Å²) in [6.45, 7) is 10.0. The maximum Gasteiger partial charge on any atom is 0.274 e. The zero-order valence-corrected chi connectivity index (χ0v) is 16.5. The van der Waals surface area contributed by atoms with Gasteiger partial charge in [0.2, 0.25) is 0 Å². The minimum atomic E-state index is -0.0969. The van der Waals surface area contributed by atoms with Gasteiger partial charge in [0, 0.05) is 37.3 Å². The number of hydrogen-bond donors (Lipinski definition) is 0. The van der Waals surface area contributed by atoms with Crippen molar-refractivity contribution >= 4 is 5.91 Å². The number of hydrogen-bond acceptors (Lipinski definition) is 5. The zero-order chi connectivity index (χ0) is 19.6. The van der Waals surface area contributed by atoms with E-state index in [1.54, 1.807) is 16.9 Å². The van der Waals surface area contributed by atoms with Crippen LogP contribution < -0.4 is 5.56 Å². The van der Waals surface area contributed by atoms with E-state index < -0.39 is 0 Å². The van der Waals surface area contributed by atoms with E-state index >= 15 is 0 Å². The Kier molecular flexibility index (Phi) is 5.39. The second-order valence-corrected chi connectivity index (χ2v) is 8.27. The van der Waals surface area contributed by atoms with Crippen LogP contribution in [0.5, 0.6) is 0 Å². The number of carbonyl (C=O) groups excluding carboxylic acids is 1. The number of aryl methyl sites for hydroxylation is 1. The standard InChI is InChI=1S/C20H27N5O2/c1-14-11-22-16(12-21-14)19(27)24-9-7-15(8-10-24)13-25-18(26)6-5-17(23-25)20(2,3)4/h5-6,11-12,15H,7-10,13H2,1-4H3. The predicted octanol–water partition coefficient (Wildman–Crippen LogP) is 2.19. The molecule has 0 aliphatic carbocycles. The molecule has 1 aliphatic heterocycles. The number of carbonyl (C=O) groups is 1. The third kappa shape index (κ3) is 4.59. The van der Waals surface area contributed by atoms with Crippen molar-refractivity contribution in [2.24, 2.45) is 5.92 Å². The van der Waals surface area contributed by atoms with E-state index in [1.165, 1.54) is 6.20 Å². The van der Waals surface area contributed by atoms with Crippen molar-refractivity contribution in [1.29, 1.82) is 0 Å². The van der Waals surface area contributed by atoms with Gasteiger partial charge in [-0.2, -0.15) is 5.10 Å². The molecule has 0 radical (unpaired) electrons. The Labute approximate surface area is 159 Å². The molecule has 0 bridgehead atoms. The first-order valence-corrected chi connectivity index (χ1v) is 9.40. The number of piperidine rings is 1. The van der Waals surface area contributed by atoms with Crippen molar-refractivity contribution in [1.82, 2.24) is 24.6 Å². The van der Waals surface area contributed by atoms with Gasteiger partial charge in [-0.05, 0) is 31.7 Å². The molecule has 7 nitrogen and oxygen atoms in total. The van der Waals surface area contributed by atoms with E-state index in [0.29, 0.717) is 31.2 Å². The van der Waals surface area contributed by atoms with Crippen molar-refractivity contribution in [2.45, 2.75) is 52.5 Å². The van der Waals surface area contributed by atoms with Crippen LogP contribution in [0, 0.1) is 12.8 Å². The van der Waals surface area contributed by atoms with Gasteiger partial charge in [0.15, 0.2) is 0 Å². The van der Waals surface area contributed by atoms with Gasteiger partial charge in [-0.1, -0.05) is 20.8 Å². The quantitative estimate of drug-likeness (QED) is 0.828. The van der Waals surface area contributed by atoms with Gasteiger partial charge in [0.25, 0.3) is 11.5 Å². The molecule has 1 saturated heterocycles. The third-order valence-electron chi connectivity index (χ3n) is 4.97. The van der Waals surface area contributed by atoms with E-state index in [1.807, 2.05) is 17.9 Å². The van der Waals surface area contributed by atoms with Crippen LogP contribution in [0.1, 0.15) is 55.5 Å². The average Bonchev–Trinajstić information content (AvgIpc) is 2.63. The highest BCUT2D eigenvalue weighted by atomic mass is 16.2. The first kappa shape index (κ1) is 19.2. The lowest BCUT2D eigenvalue weighted by molar-refractivity contribution is 0.0673. The fourth-order valence-corrected chi connectivity index (χ4v) is 3.21. The summed E-state index contributed by atoms with van der Waals surface area (Å²) < 4.78 is 1.58. The molecule has 1 fully saturated rings. The summed E-state index contributed by atoms with van der Waals surface area (Å²) in [4.78, 5) is 34.9. The summed E-state index contributed by atoms with van der Waals surface area (Å²) in [5.41, 5.74) is 1.92. The number of likely N-dealkylation sites (tertiary alicyclic amines) is 1. The Morgan fingerprint density at radius 1 is 1.15 bits per heavy atom. The van der Waals surface area contributed by atoms with Crippen LogP contribution in [0.2, 0.25) is 0 Å². The number of aromatic nitrogens is 4. The molecule has 0 unspecified atom stereocenters. The minimum Gasteiger partial charge on any atom is -0.337 e. The summed E-state index contributed by atoms with van der Waals surface area (Å²) >= 11 is 0. The Hall–Kier alpha value is -2.57. The molecular formula is C20H27N5O2. The Morgan fingerprint density at radius 3 is 2.44 bits per heavy atom. The average molecular weight is 369 g/mol. The van der Waals surface area contributed by atoms with Crippen molar-refractivity contribution in [3.63, 3.8) is 0 Å². The second kappa shape index (κ2) is 7.58. The van der Waals surface area contributed by atoms with Gasteiger partial charge in [-0.15, -0.1) is 0 Å². The number of amides is 1. The Balaban J connectivity index is 1.62. The maximum absolute atomic E-state index is 12.5. The largest absolute Gasteiger partial charge is 0.337 e. The predicted molar refractivity (Wildman–Crippen MR) is 103 cm³/mol. The fourth-order valence-electron chi connectivity index (χ4n) is 3.21. The van der Waals surface area contributed by atoms with Crippen LogP contribution in [0.4, 0.5) is 0 Å². The summed E-state index contributed by atoms with van der Waals surface area (Å²) in [6.07, 6.45) is 4.84. The SMILES string of the molecule is Cc1cnc(C(=O)N2CCC(Cn3nc(C(C)(C)C)ccc3=O)CC2)cn1. The van der Waals surface area contributed by atoms with Gasteiger partial charge in [-0.3, -0.25) is 14.6 Å². The summed E-state index contributed by atoms with van der Waals surface area (Å²) in [5, 5.41) is 4.55. The molecule has 0 aromatic carbocycles. The molecule has 144 valence electrons.